The number of thioether (sulfide) groups is 1. The lowest BCUT2D eigenvalue weighted by Crippen LogP contribution is -2.25. The number of benzene rings is 2. The Labute approximate surface area is 213 Å². The van der Waals surface area contributed by atoms with Crippen LogP contribution in [0.15, 0.2) is 84.5 Å². The van der Waals surface area contributed by atoms with Gasteiger partial charge in [0.2, 0.25) is 0 Å². The van der Waals surface area contributed by atoms with Gasteiger partial charge in [0.05, 0.1) is 20.0 Å². The van der Waals surface area contributed by atoms with Gasteiger partial charge in [-0.15, -0.1) is 0 Å². The van der Waals surface area contributed by atoms with Crippen molar-refractivity contribution in [1.29, 1.82) is 0 Å². The van der Waals surface area contributed by atoms with E-state index in [4.69, 9.17) is 9.72 Å². The molecule has 0 spiro atoms. The molecular formula is C27H26N6O2S. The van der Waals surface area contributed by atoms with Crippen molar-refractivity contribution in [3.63, 3.8) is 0 Å². The standard InChI is InChI=1S/C27H26N6O2S/c1-35-23-10-6-19(7-11-23)16-33-25-24(3-2-13-29-25)32-27(33)36-17-20-4-8-21(9-5-20)26(34)30-14-12-22-15-28-18-31-22/h2-11,13,15,18H,12,14,16-17H2,1H3,(H,28,31)(H,30,34). The fraction of sp³-hybridized carbons (Fsp3) is 0.185. The summed E-state index contributed by atoms with van der Waals surface area (Å²) in [4.78, 5) is 28.9. The molecule has 0 aliphatic rings. The highest BCUT2D eigenvalue weighted by Crippen LogP contribution is 2.27. The van der Waals surface area contributed by atoms with E-state index in [1.807, 2.05) is 48.5 Å². The van der Waals surface area contributed by atoms with Crippen LogP contribution in [0.1, 0.15) is 27.2 Å². The molecule has 0 saturated carbocycles. The highest BCUT2D eigenvalue weighted by atomic mass is 32.2. The van der Waals surface area contributed by atoms with Crippen LogP contribution >= 0.6 is 11.8 Å². The SMILES string of the molecule is COc1ccc(Cn2c(SCc3ccc(C(=O)NCCc4cnc[nH]4)cc3)nc3cccnc32)cc1. The third-order valence-corrected chi connectivity index (χ3v) is 6.83. The van der Waals surface area contributed by atoms with Crippen molar-refractivity contribution in [2.45, 2.75) is 23.9 Å². The molecule has 0 aliphatic heterocycles. The highest BCUT2D eigenvalue weighted by molar-refractivity contribution is 7.98. The minimum Gasteiger partial charge on any atom is -0.497 e. The highest BCUT2D eigenvalue weighted by Gasteiger charge is 2.13. The second-order valence-corrected chi connectivity index (χ2v) is 9.19. The summed E-state index contributed by atoms with van der Waals surface area (Å²) in [6.07, 6.45) is 5.91. The van der Waals surface area contributed by atoms with Gasteiger partial charge < -0.3 is 15.0 Å². The van der Waals surface area contributed by atoms with Crippen LogP contribution in [0.25, 0.3) is 11.2 Å². The van der Waals surface area contributed by atoms with Crippen LogP contribution in [0.2, 0.25) is 0 Å². The van der Waals surface area contributed by atoms with Crippen molar-refractivity contribution >= 4 is 28.8 Å². The number of amides is 1. The van der Waals surface area contributed by atoms with Gasteiger partial charge in [-0.05, 0) is 47.5 Å². The number of carbonyl (C=O) groups is 1. The Morgan fingerprint density at radius 1 is 1.08 bits per heavy atom. The van der Waals surface area contributed by atoms with Gasteiger partial charge in [0.25, 0.3) is 5.91 Å². The molecule has 5 aromatic rings. The number of methoxy groups -OCH3 is 1. The number of aromatic amines is 1. The molecule has 9 heteroatoms. The van der Waals surface area contributed by atoms with Crippen LogP contribution in [0, 0.1) is 0 Å². The molecule has 3 aromatic heterocycles. The molecule has 0 unspecified atom stereocenters. The van der Waals surface area contributed by atoms with Crippen LogP contribution < -0.4 is 10.1 Å². The molecular weight excluding hydrogens is 472 g/mol. The molecule has 2 N–H and O–H groups in total. The first-order valence-electron chi connectivity index (χ1n) is 11.6. The molecule has 5 rings (SSSR count). The molecule has 182 valence electrons. The number of pyridine rings is 1. The summed E-state index contributed by atoms with van der Waals surface area (Å²) in [6, 6.07) is 19.6. The molecule has 1 amide bonds. The second-order valence-electron chi connectivity index (χ2n) is 8.24. The van der Waals surface area contributed by atoms with Gasteiger partial charge in [-0.25, -0.2) is 15.0 Å². The van der Waals surface area contributed by atoms with E-state index in [-0.39, 0.29) is 5.91 Å². The van der Waals surface area contributed by atoms with E-state index in [1.54, 1.807) is 37.6 Å². The first-order valence-corrected chi connectivity index (χ1v) is 12.6. The molecule has 0 radical (unpaired) electrons. The molecule has 3 heterocycles. The lowest BCUT2D eigenvalue weighted by atomic mass is 10.1. The summed E-state index contributed by atoms with van der Waals surface area (Å²) in [5, 5.41) is 3.85. The minimum atomic E-state index is -0.0823. The average Bonchev–Trinajstić information content (AvgIpc) is 3.56. The smallest absolute Gasteiger partial charge is 0.251 e. The maximum atomic E-state index is 12.5. The number of carbonyl (C=O) groups excluding carboxylic acids is 1. The Morgan fingerprint density at radius 2 is 1.89 bits per heavy atom. The number of H-pyrrole nitrogens is 1. The van der Waals surface area contributed by atoms with Crippen LogP contribution in [0.4, 0.5) is 0 Å². The first kappa shape index (κ1) is 23.6. The van der Waals surface area contributed by atoms with E-state index < -0.39 is 0 Å². The average molecular weight is 499 g/mol. The van der Waals surface area contributed by atoms with Crippen molar-refractivity contribution in [3.05, 3.63) is 102 Å². The molecule has 36 heavy (non-hydrogen) atoms. The summed E-state index contributed by atoms with van der Waals surface area (Å²) in [6.45, 7) is 1.22. The van der Waals surface area contributed by atoms with E-state index >= 15 is 0 Å². The number of nitrogens with zero attached hydrogens (tertiary/aromatic N) is 4. The second kappa shape index (κ2) is 11.1. The summed E-state index contributed by atoms with van der Waals surface area (Å²) < 4.78 is 7.42. The molecule has 0 fully saturated rings. The number of rotatable bonds is 10. The molecule has 0 saturated heterocycles. The maximum absolute atomic E-state index is 12.5. The topological polar surface area (TPSA) is 97.7 Å². The predicted molar refractivity (Wildman–Crippen MR) is 140 cm³/mol. The lowest BCUT2D eigenvalue weighted by Gasteiger charge is -2.10. The van der Waals surface area contributed by atoms with Crippen LogP contribution in [-0.4, -0.2) is 44.1 Å². The van der Waals surface area contributed by atoms with Crippen LogP contribution in [-0.2, 0) is 18.7 Å². The van der Waals surface area contributed by atoms with Crippen molar-refractivity contribution in [2.24, 2.45) is 0 Å². The van der Waals surface area contributed by atoms with Gasteiger partial charge in [-0.1, -0.05) is 36.0 Å². The Morgan fingerprint density at radius 3 is 2.64 bits per heavy atom. The van der Waals surface area contributed by atoms with Crippen molar-refractivity contribution in [3.8, 4) is 5.75 Å². The van der Waals surface area contributed by atoms with E-state index in [9.17, 15) is 4.79 Å². The number of hydrogen-bond donors (Lipinski definition) is 2. The number of aromatic nitrogens is 5. The van der Waals surface area contributed by atoms with Gasteiger partial charge in [0, 0.05) is 42.4 Å². The van der Waals surface area contributed by atoms with Gasteiger partial charge >= 0.3 is 0 Å². The molecule has 0 atom stereocenters. The molecule has 2 aromatic carbocycles. The summed E-state index contributed by atoms with van der Waals surface area (Å²) in [5.41, 5.74) is 5.63. The van der Waals surface area contributed by atoms with Gasteiger partial charge in [-0.2, -0.15) is 0 Å². The third kappa shape index (κ3) is 5.58. The predicted octanol–water partition coefficient (Wildman–Crippen LogP) is 4.48. The normalized spacial score (nSPS) is 11.0. The quantitative estimate of drug-likeness (QED) is 0.276. The van der Waals surface area contributed by atoms with E-state index in [0.717, 1.165) is 44.6 Å². The van der Waals surface area contributed by atoms with Gasteiger partial charge in [0.15, 0.2) is 10.8 Å². The fourth-order valence-electron chi connectivity index (χ4n) is 3.84. The minimum absolute atomic E-state index is 0.0823. The van der Waals surface area contributed by atoms with E-state index in [2.05, 4.69) is 37.0 Å². The Kier molecular flexibility index (Phi) is 7.28. The van der Waals surface area contributed by atoms with Gasteiger partial charge in [0.1, 0.15) is 11.3 Å². The zero-order valence-electron chi connectivity index (χ0n) is 19.8. The van der Waals surface area contributed by atoms with Crippen LogP contribution in [0.3, 0.4) is 0 Å². The number of nitrogens with one attached hydrogen (secondary N) is 2. The molecule has 0 aliphatic carbocycles. The van der Waals surface area contributed by atoms with Crippen molar-refractivity contribution < 1.29 is 9.53 Å². The Hall–Kier alpha value is -4.11. The van der Waals surface area contributed by atoms with Crippen LogP contribution in [0.5, 0.6) is 5.75 Å². The summed E-state index contributed by atoms with van der Waals surface area (Å²) in [7, 11) is 1.67. The largest absolute Gasteiger partial charge is 0.497 e. The Bertz CT molecular complexity index is 1430. The first-order chi connectivity index (χ1) is 17.7. The number of imidazole rings is 2. The van der Waals surface area contributed by atoms with Gasteiger partial charge in [-0.3, -0.25) is 9.36 Å². The lowest BCUT2D eigenvalue weighted by molar-refractivity contribution is 0.0954. The van der Waals surface area contributed by atoms with E-state index in [1.165, 1.54) is 0 Å². The fourth-order valence-corrected chi connectivity index (χ4v) is 4.80. The maximum Gasteiger partial charge on any atom is 0.251 e. The number of fused-ring (bicyclic) bond motifs is 1. The Balaban J connectivity index is 1.24. The number of ether oxygens (including phenoxy) is 1. The summed E-state index contributed by atoms with van der Waals surface area (Å²) in [5.74, 6) is 1.48. The van der Waals surface area contributed by atoms with E-state index in [0.29, 0.717) is 25.1 Å². The third-order valence-electron chi connectivity index (χ3n) is 5.79. The number of hydrogen-bond acceptors (Lipinski definition) is 6. The zero-order chi connectivity index (χ0) is 24.7. The monoisotopic (exact) mass is 498 g/mol. The van der Waals surface area contributed by atoms with Crippen molar-refractivity contribution in [1.82, 2.24) is 29.8 Å². The molecule has 8 nitrogen and oxygen atoms in total. The summed E-state index contributed by atoms with van der Waals surface area (Å²) >= 11 is 1.66. The van der Waals surface area contributed by atoms with Crippen molar-refractivity contribution in [2.75, 3.05) is 13.7 Å². The zero-order valence-corrected chi connectivity index (χ0v) is 20.7. The molecule has 0 bridgehead atoms.